The number of nitrogens with one attached hydrogen (secondary N) is 1. The van der Waals surface area contributed by atoms with Crippen LogP contribution in [-0.2, 0) is 6.18 Å². The molecular formula is C18H17F3N4. The molecule has 1 aliphatic carbocycles. The van der Waals surface area contributed by atoms with E-state index in [9.17, 15) is 13.2 Å². The molecule has 2 aromatic rings. The molecule has 25 heavy (non-hydrogen) atoms. The fourth-order valence-corrected chi connectivity index (χ4v) is 2.85. The molecule has 1 fully saturated rings. The highest BCUT2D eigenvalue weighted by molar-refractivity contribution is 5.69. The Balaban J connectivity index is 1.54. The average molecular weight is 346 g/mol. The van der Waals surface area contributed by atoms with Crippen LogP contribution < -0.4 is 10.2 Å². The van der Waals surface area contributed by atoms with Gasteiger partial charge in [-0.3, -0.25) is 0 Å². The van der Waals surface area contributed by atoms with Gasteiger partial charge in [0.1, 0.15) is 5.82 Å². The van der Waals surface area contributed by atoms with Crippen LogP contribution in [0.2, 0.25) is 0 Å². The minimum Gasteiger partial charge on any atom is -0.352 e. The maximum atomic E-state index is 12.6. The highest BCUT2D eigenvalue weighted by atomic mass is 19.4. The van der Waals surface area contributed by atoms with E-state index in [2.05, 4.69) is 26.3 Å². The highest BCUT2D eigenvalue weighted by Gasteiger charge is 2.30. The van der Waals surface area contributed by atoms with Crippen molar-refractivity contribution in [2.75, 3.05) is 23.3 Å². The lowest BCUT2D eigenvalue weighted by Crippen LogP contribution is -2.29. The zero-order chi connectivity index (χ0) is 17.4. The third-order valence-electron chi connectivity index (χ3n) is 4.36. The molecule has 0 atom stereocenters. The van der Waals surface area contributed by atoms with Crippen molar-refractivity contribution in [3.05, 3.63) is 47.7 Å². The zero-order valence-corrected chi connectivity index (χ0v) is 13.4. The van der Waals surface area contributed by atoms with E-state index in [0.717, 1.165) is 42.5 Å². The van der Waals surface area contributed by atoms with Gasteiger partial charge in [0.15, 0.2) is 0 Å². The molecule has 2 heterocycles. The molecule has 0 amide bonds. The molecule has 0 unspecified atom stereocenters. The van der Waals surface area contributed by atoms with Gasteiger partial charge < -0.3 is 10.2 Å². The van der Waals surface area contributed by atoms with E-state index >= 15 is 0 Å². The SMILES string of the molecule is FC(F)(F)c1ccc(Nc2ncc3c(n2)N(CC2CC2)CC=C3)cc1. The van der Waals surface area contributed by atoms with Gasteiger partial charge in [-0.2, -0.15) is 18.2 Å². The van der Waals surface area contributed by atoms with E-state index in [1.165, 1.54) is 25.0 Å². The molecule has 1 saturated carbocycles. The summed E-state index contributed by atoms with van der Waals surface area (Å²) >= 11 is 0. The first-order chi connectivity index (χ1) is 12.0. The van der Waals surface area contributed by atoms with E-state index < -0.39 is 11.7 Å². The molecule has 1 N–H and O–H groups in total. The second kappa shape index (κ2) is 6.06. The second-order valence-corrected chi connectivity index (χ2v) is 6.42. The summed E-state index contributed by atoms with van der Waals surface area (Å²) < 4.78 is 37.9. The van der Waals surface area contributed by atoms with Crippen LogP contribution in [0.3, 0.4) is 0 Å². The molecule has 0 spiro atoms. The number of halogens is 3. The van der Waals surface area contributed by atoms with E-state index in [-0.39, 0.29) is 0 Å². The number of anilines is 3. The quantitative estimate of drug-likeness (QED) is 0.886. The number of fused-ring (bicyclic) bond motifs is 1. The van der Waals surface area contributed by atoms with E-state index in [1.54, 1.807) is 6.20 Å². The summed E-state index contributed by atoms with van der Waals surface area (Å²) in [6, 6.07) is 4.85. The van der Waals surface area contributed by atoms with Gasteiger partial charge in [-0.1, -0.05) is 12.2 Å². The summed E-state index contributed by atoms with van der Waals surface area (Å²) in [6.45, 7) is 1.80. The van der Waals surface area contributed by atoms with Crippen LogP contribution in [0, 0.1) is 5.92 Å². The van der Waals surface area contributed by atoms with Gasteiger partial charge in [0.05, 0.1) is 5.56 Å². The lowest BCUT2D eigenvalue weighted by atomic mass is 10.2. The van der Waals surface area contributed by atoms with Gasteiger partial charge in [0.25, 0.3) is 0 Å². The lowest BCUT2D eigenvalue weighted by molar-refractivity contribution is -0.137. The third-order valence-corrected chi connectivity index (χ3v) is 4.36. The summed E-state index contributed by atoms with van der Waals surface area (Å²) in [7, 11) is 0. The van der Waals surface area contributed by atoms with Crippen LogP contribution >= 0.6 is 0 Å². The smallest absolute Gasteiger partial charge is 0.352 e. The molecule has 1 aromatic heterocycles. The summed E-state index contributed by atoms with van der Waals surface area (Å²) in [5.41, 5.74) is 0.808. The Bertz CT molecular complexity index is 795. The molecule has 1 aliphatic heterocycles. The van der Waals surface area contributed by atoms with Crippen LogP contribution in [-0.4, -0.2) is 23.1 Å². The predicted molar refractivity (Wildman–Crippen MR) is 90.7 cm³/mol. The minimum absolute atomic E-state index is 0.384. The largest absolute Gasteiger partial charge is 0.416 e. The monoisotopic (exact) mass is 346 g/mol. The molecule has 0 saturated heterocycles. The summed E-state index contributed by atoms with van der Waals surface area (Å²) in [5.74, 6) is 1.99. The molecule has 2 aliphatic rings. The van der Waals surface area contributed by atoms with Crippen molar-refractivity contribution in [1.82, 2.24) is 9.97 Å². The van der Waals surface area contributed by atoms with Crippen molar-refractivity contribution in [1.29, 1.82) is 0 Å². The highest BCUT2D eigenvalue weighted by Crippen LogP contribution is 2.34. The van der Waals surface area contributed by atoms with Crippen LogP contribution in [0.5, 0.6) is 0 Å². The number of nitrogens with zero attached hydrogens (tertiary/aromatic N) is 3. The van der Waals surface area contributed by atoms with Gasteiger partial charge in [-0.05, 0) is 43.0 Å². The van der Waals surface area contributed by atoms with Crippen molar-refractivity contribution in [2.45, 2.75) is 19.0 Å². The first-order valence-electron chi connectivity index (χ1n) is 8.22. The average Bonchev–Trinajstić information content (AvgIpc) is 3.39. The maximum absolute atomic E-state index is 12.6. The number of hydrogen-bond acceptors (Lipinski definition) is 4. The van der Waals surface area contributed by atoms with Gasteiger partial charge in [0.2, 0.25) is 5.95 Å². The number of rotatable bonds is 4. The van der Waals surface area contributed by atoms with Crippen molar-refractivity contribution in [2.24, 2.45) is 5.92 Å². The molecule has 4 rings (SSSR count). The summed E-state index contributed by atoms with van der Waals surface area (Å²) in [5, 5.41) is 2.98. The number of alkyl halides is 3. The first-order valence-corrected chi connectivity index (χ1v) is 8.22. The van der Waals surface area contributed by atoms with Gasteiger partial charge >= 0.3 is 6.18 Å². The van der Waals surface area contributed by atoms with Crippen LogP contribution in [0.1, 0.15) is 24.0 Å². The Morgan fingerprint density at radius 3 is 2.60 bits per heavy atom. The zero-order valence-electron chi connectivity index (χ0n) is 13.4. The van der Waals surface area contributed by atoms with Crippen molar-refractivity contribution in [3.8, 4) is 0 Å². The summed E-state index contributed by atoms with van der Waals surface area (Å²) in [4.78, 5) is 11.1. The Kier molecular flexibility index (Phi) is 3.86. The Labute approximate surface area is 143 Å². The van der Waals surface area contributed by atoms with Crippen LogP contribution in [0.15, 0.2) is 36.5 Å². The Morgan fingerprint density at radius 2 is 1.92 bits per heavy atom. The Morgan fingerprint density at radius 1 is 1.16 bits per heavy atom. The number of aromatic nitrogens is 2. The van der Waals surface area contributed by atoms with E-state index in [0.29, 0.717) is 11.6 Å². The molecule has 7 heteroatoms. The normalized spacial score (nSPS) is 16.7. The Hall–Kier alpha value is -2.57. The molecule has 4 nitrogen and oxygen atoms in total. The van der Waals surface area contributed by atoms with Gasteiger partial charge in [-0.25, -0.2) is 4.98 Å². The van der Waals surface area contributed by atoms with Crippen molar-refractivity contribution >= 4 is 23.5 Å². The standard InChI is InChI=1S/C18H17F3N4/c19-18(20,21)14-5-7-15(8-6-14)23-17-22-10-13-2-1-9-25(16(13)24-17)11-12-3-4-12/h1-2,5-8,10,12H,3-4,9,11H2,(H,22,23,24). The molecular weight excluding hydrogens is 329 g/mol. The van der Waals surface area contributed by atoms with E-state index in [1.807, 2.05) is 6.08 Å². The van der Waals surface area contributed by atoms with Gasteiger partial charge in [-0.15, -0.1) is 0 Å². The van der Waals surface area contributed by atoms with Crippen molar-refractivity contribution in [3.63, 3.8) is 0 Å². The summed E-state index contributed by atoms with van der Waals surface area (Å²) in [6.07, 6.45) is 4.02. The number of benzene rings is 1. The molecule has 130 valence electrons. The van der Waals surface area contributed by atoms with Crippen LogP contribution in [0.25, 0.3) is 6.08 Å². The van der Waals surface area contributed by atoms with Crippen LogP contribution in [0.4, 0.5) is 30.6 Å². The molecule has 0 bridgehead atoms. The topological polar surface area (TPSA) is 41.1 Å². The fourth-order valence-electron chi connectivity index (χ4n) is 2.85. The minimum atomic E-state index is -4.34. The molecule has 0 radical (unpaired) electrons. The van der Waals surface area contributed by atoms with Gasteiger partial charge in [0, 0.05) is 30.5 Å². The molecule has 1 aromatic carbocycles. The van der Waals surface area contributed by atoms with E-state index in [4.69, 9.17) is 0 Å². The first kappa shape index (κ1) is 15.9. The van der Waals surface area contributed by atoms with Crippen molar-refractivity contribution < 1.29 is 13.2 Å². The third kappa shape index (κ3) is 3.60. The second-order valence-electron chi connectivity index (χ2n) is 6.42. The predicted octanol–water partition coefficient (Wildman–Crippen LogP) is 4.48. The number of hydrogen-bond donors (Lipinski definition) is 1. The lowest BCUT2D eigenvalue weighted by Gasteiger charge is -2.27. The maximum Gasteiger partial charge on any atom is 0.416 e. The fraction of sp³-hybridized carbons (Fsp3) is 0.333.